The molecule has 0 bridgehead atoms. The van der Waals surface area contributed by atoms with Gasteiger partial charge in [0.15, 0.2) is 0 Å². The Morgan fingerprint density at radius 2 is 2.00 bits per heavy atom. The molecule has 1 unspecified atom stereocenters. The number of hydrogen-bond donors (Lipinski definition) is 2. The zero-order valence-corrected chi connectivity index (χ0v) is 12.4. The second kappa shape index (κ2) is 7.17. The molecule has 0 fully saturated rings. The monoisotopic (exact) mass is 334 g/mol. The van der Waals surface area contributed by atoms with E-state index < -0.39 is 0 Å². The van der Waals surface area contributed by atoms with E-state index in [9.17, 15) is 9.90 Å². The highest BCUT2D eigenvalue weighted by molar-refractivity contribution is 9.10. The largest absolute Gasteiger partial charge is 0.394 e. The lowest BCUT2D eigenvalue weighted by molar-refractivity contribution is 0.0916. The first kappa shape index (κ1) is 14.7. The SMILES string of the molecule is O=C(NC(CO)Cc1ccccc1)c1ccc(Br)nc1. The molecule has 20 heavy (non-hydrogen) atoms. The van der Waals surface area contributed by atoms with Gasteiger partial charge in [0.2, 0.25) is 0 Å². The number of nitrogens with zero attached hydrogens (tertiary/aromatic N) is 1. The van der Waals surface area contributed by atoms with Gasteiger partial charge in [0.05, 0.1) is 18.2 Å². The minimum Gasteiger partial charge on any atom is -0.394 e. The van der Waals surface area contributed by atoms with Crippen LogP contribution >= 0.6 is 15.9 Å². The maximum Gasteiger partial charge on any atom is 0.253 e. The van der Waals surface area contributed by atoms with Crippen molar-refractivity contribution in [3.8, 4) is 0 Å². The van der Waals surface area contributed by atoms with Crippen LogP contribution in [0.5, 0.6) is 0 Å². The van der Waals surface area contributed by atoms with E-state index in [1.165, 1.54) is 6.20 Å². The molecule has 0 radical (unpaired) electrons. The van der Waals surface area contributed by atoms with E-state index in [-0.39, 0.29) is 18.6 Å². The summed E-state index contributed by atoms with van der Waals surface area (Å²) in [6.45, 7) is -0.107. The van der Waals surface area contributed by atoms with Gasteiger partial charge in [0, 0.05) is 6.20 Å². The molecule has 0 aliphatic heterocycles. The first-order chi connectivity index (χ1) is 9.69. The van der Waals surface area contributed by atoms with Gasteiger partial charge in [0.25, 0.3) is 5.91 Å². The number of amides is 1. The average molecular weight is 335 g/mol. The van der Waals surface area contributed by atoms with E-state index in [0.29, 0.717) is 16.6 Å². The molecule has 5 heteroatoms. The summed E-state index contributed by atoms with van der Waals surface area (Å²) >= 11 is 3.22. The van der Waals surface area contributed by atoms with Crippen LogP contribution in [0, 0.1) is 0 Å². The Hall–Kier alpha value is -1.72. The van der Waals surface area contributed by atoms with Crippen LogP contribution in [-0.2, 0) is 6.42 Å². The van der Waals surface area contributed by atoms with E-state index in [1.54, 1.807) is 12.1 Å². The van der Waals surface area contributed by atoms with Crippen molar-refractivity contribution < 1.29 is 9.90 Å². The molecular weight excluding hydrogens is 320 g/mol. The van der Waals surface area contributed by atoms with Gasteiger partial charge in [-0.2, -0.15) is 0 Å². The molecule has 2 aromatic rings. The van der Waals surface area contributed by atoms with Gasteiger partial charge in [-0.3, -0.25) is 4.79 Å². The maximum absolute atomic E-state index is 12.0. The third-order valence-corrected chi connectivity index (χ3v) is 3.34. The van der Waals surface area contributed by atoms with Crippen LogP contribution in [0.2, 0.25) is 0 Å². The number of aromatic nitrogens is 1. The molecule has 0 aliphatic rings. The fourth-order valence-electron chi connectivity index (χ4n) is 1.84. The van der Waals surface area contributed by atoms with Crippen LogP contribution in [0.4, 0.5) is 0 Å². The second-order valence-electron chi connectivity index (χ2n) is 4.41. The standard InChI is InChI=1S/C15H15BrN2O2/c16-14-7-6-12(9-17-14)15(20)18-13(10-19)8-11-4-2-1-3-5-11/h1-7,9,13,19H,8,10H2,(H,18,20). The fraction of sp³-hybridized carbons (Fsp3) is 0.200. The number of halogens is 1. The molecule has 1 aromatic carbocycles. The molecule has 2 N–H and O–H groups in total. The zero-order valence-electron chi connectivity index (χ0n) is 10.8. The molecule has 1 atom stereocenters. The number of carbonyl (C=O) groups excluding carboxylic acids is 1. The third kappa shape index (κ3) is 4.15. The molecule has 0 spiro atoms. The number of benzene rings is 1. The van der Waals surface area contributed by atoms with E-state index in [4.69, 9.17) is 0 Å². The van der Waals surface area contributed by atoms with E-state index in [0.717, 1.165) is 5.56 Å². The Bertz CT molecular complexity index is 558. The van der Waals surface area contributed by atoms with Crippen molar-refractivity contribution in [3.05, 3.63) is 64.4 Å². The van der Waals surface area contributed by atoms with Crippen LogP contribution in [0.1, 0.15) is 15.9 Å². The molecule has 0 saturated carbocycles. The average Bonchev–Trinajstić information content (AvgIpc) is 2.48. The first-order valence-electron chi connectivity index (χ1n) is 6.26. The van der Waals surface area contributed by atoms with Crippen molar-refractivity contribution in [2.45, 2.75) is 12.5 Å². The molecule has 0 aliphatic carbocycles. The summed E-state index contributed by atoms with van der Waals surface area (Å²) in [7, 11) is 0. The lowest BCUT2D eigenvalue weighted by Gasteiger charge is -2.16. The quantitative estimate of drug-likeness (QED) is 0.824. The van der Waals surface area contributed by atoms with Gasteiger partial charge >= 0.3 is 0 Å². The topological polar surface area (TPSA) is 62.2 Å². The number of pyridine rings is 1. The van der Waals surface area contributed by atoms with E-state index in [1.807, 2.05) is 30.3 Å². The molecule has 1 amide bonds. The third-order valence-electron chi connectivity index (χ3n) is 2.87. The minimum absolute atomic E-state index is 0.107. The normalized spacial score (nSPS) is 11.9. The molecule has 1 aromatic heterocycles. The zero-order chi connectivity index (χ0) is 14.4. The van der Waals surface area contributed by atoms with Crippen LogP contribution in [0.3, 0.4) is 0 Å². The summed E-state index contributed by atoms with van der Waals surface area (Å²) in [5.41, 5.74) is 1.54. The highest BCUT2D eigenvalue weighted by Crippen LogP contribution is 2.07. The Kier molecular flexibility index (Phi) is 5.26. The predicted molar refractivity (Wildman–Crippen MR) is 80.4 cm³/mol. The predicted octanol–water partition coefficient (Wildman–Crippen LogP) is 2.18. The summed E-state index contributed by atoms with van der Waals surface area (Å²) in [5.74, 6) is -0.236. The van der Waals surface area contributed by atoms with Crippen molar-refractivity contribution in [2.75, 3.05) is 6.61 Å². The van der Waals surface area contributed by atoms with Crippen molar-refractivity contribution in [1.29, 1.82) is 0 Å². The van der Waals surface area contributed by atoms with Crippen molar-refractivity contribution in [2.24, 2.45) is 0 Å². The van der Waals surface area contributed by atoms with E-state index >= 15 is 0 Å². The number of nitrogens with one attached hydrogen (secondary N) is 1. The van der Waals surface area contributed by atoms with Crippen molar-refractivity contribution >= 4 is 21.8 Å². The van der Waals surface area contributed by atoms with Gasteiger partial charge in [-0.25, -0.2) is 4.98 Å². The van der Waals surface area contributed by atoms with Crippen molar-refractivity contribution in [1.82, 2.24) is 10.3 Å². The molecular formula is C15H15BrN2O2. The van der Waals surface area contributed by atoms with Crippen molar-refractivity contribution in [3.63, 3.8) is 0 Å². The van der Waals surface area contributed by atoms with Gasteiger partial charge in [-0.05, 0) is 40.0 Å². The first-order valence-corrected chi connectivity index (χ1v) is 7.05. The Labute approximate surface area is 126 Å². The highest BCUT2D eigenvalue weighted by atomic mass is 79.9. The van der Waals surface area contributed by atoms with Gasteiger partial charge in [0.1, 0.15) is 4.60 Å². The van der Waals surface area contributed by atoms with Crippen LogP contribution < -0.4 is 5.32 Å². The molecule has 0 saturated heterocycles. The number of hydrogen-bond acceptors (Lipinski definition) is 3. The summed E-state index contributed by atoms with van der Waals surface area (Å²) in [4.78, 5) is 16.0. The Balaban J connectivity index is 1.99. The molecule has 104 valence electrons. The lowest BCUT2D eigenvalue weighted by Crippen LogP contribution is -2.39. The molecule has 4 nitrogen and oxygen atoms in total. The van der Waals surface area contributed by atoms with Crippen LogP contribution in [-0.4, -0.2) is 28.6 Å². The Morgan fingerprint density at radius 3 is 2.60 bits per heavy atom. The van der Waals surface area contributed by atoms with Gasteiger partial charge in [-0.1, -0.05) is 30.3 Å². The molecule has 1 heterocycles. The second-order valence-corrected chi connectivity index (χ2v) is 5.22. The van der Waals surface area contributed by atoms with Gasteiger partial charge < -0.3 is 10.4 Å². The Morgan fingerprint density at radius 1 is 1.25 bits per heavy atom. The van der Waals surface area contributed by atoms with E-state index in [2.05, 4.69) is 26.2 Å². The summed E-state index contributed by atoms with van der Waals surface area (Å²) < 4.78 is 0.678. The number of aliphatic hydroxyl groups excluding tert-OH is 1. The number of aliphatic hydroxyl groups is 1. The molecule has 2 rings (SSSR count). The minimum atomic E-state index is -0.312. The van der Waals surface area contributed by atoms with Crippen LogP contribution in [0.25, 0.3) is 0 Å². The maximum atomic E-state index is 12.0. The smallest absolute Gasteiger partial charge is 0.253 e. The van der Waals surface area contributed by atoms with Gasteiger partial charge in [-0.15, -0.1) is 0 Å². The summed E-state index contributed by atoms with van der Waals surface area (Å²) in [5, 5.41) is 12.2. The number of carbonyl (C=O) groups is 1. The van der Waals surface area contributed by atoms with Crippen LogP contribution in [0.15, 0.2) is 53.3 Å². The number of rotatable bonds is 5. The lowest BCUT2D eigenvalue weighted by atomic mass is 10.1. The highest BCUT2D eigenvalue weighted by Gasteiger charge is 2.13. The summed E-state index contributed by atoms with van der Waals surface area (Å²) in [6.07, 6.45) is 2.09. The summed E-state index contributed by atoms with van der Waals surface area (Å²) in [6, 6.07) is 12.8. The fourth-order valence-corrected chi connectivity index (χ4v) is 2.07.